The SMILES string of the molecule is CC.CCCC.CCCCCCO[C@@H](CC)C(=O)NCC#N.Cc1ccc(-c2ccc(CC=O)c(C)c2)cc1Cl. The molecule has 0 saturated carbocycles. The Hall–Kier alpha value is -2.68. The van der Waals surface area contributed by atoms with Crippen LogP contribution in [0.5, 0.6) is 0 Å². The third-order valence-corrected chi connectivity index (χ3v) is 6.38. The van der Waals surface area contributed by atoms with Crippen molar-refractivity contribution in [1.82, 2.24) is 5.32 Å². The van der Waals surface area contributed by atoms with E-state index in [2.05, 4.69) is 38.2 Å². The molecule has 2 aromatic rings. The molecule has 5 nitrogen and oxygen atoms in total. The van der Waals surface area contributed by atoms with Gasteiger partial charge < -0.3 is 14.8 Å². The van der Waals surface area contributed by atoms with E-state index in [4.69, 9.17) is 21.6 Å². The number of amides is 1. The average molecular weight is 573 g/mol. The number of rotatable bonds is 13. The molecule has 1 N–H and O–H groups in total. The van der Waals surface area contributed by atoms with Crippen molar-refractivity contribution < 1.29 is 14.3 Å². The van der Waals surface area contributed by atoms with Gasteiger partial charge in [0.15, 0.2) is 0 Å². The number of carbonyl (C=O) groups is 2. The van der Waals surface area contributed by atoms with Crippen LogP contribution in [0.1, 0.15) is 103 Å². The zero-order valence-corrected chi connectivity index (χ0v) is 27.0. The Bertz CT molecular complexity index is 984. The van der Waals surface area contributed by atoms with E-state index in [9.17, 15) is 9.59 Å². The lowest BCUT2D eigenvalue weighted by Gasteiger charge is -2.14. The second-order valence-corrected chi connectivity index (χ2v) is 9.59. The third-order valence-electron chi connectivity index (χ3n) is 5.97. The number of benzene rings is 2. The van der Waals surface area contributed by atoms with Gasteiger partial charge in [-0.1, -0.05) is 116 Å². The van der Waals surface area contributed by atoms with Crippen LogP contribution in [0.4, 0.5) is 0 Å². The summed E-state index contributed by atoms with van der Waals surface area (Å²) in [6.45, 7) is 17.1. The van der Waals surface area contributed by atoms with E-state index < -0.39 is 6.10 Å². The first-order valence-electron chi connectivity index (χ1n) is 14.8. The van der Waals surface area contributed by atoms with Gasteiger partial charge in [0.2, 0.25) is 5.91 Å². The molecule has 0 bridgehead atoms. The average Bonchev–Trinajstić information content (AvgIpc) is 2.97. The molecule has 2 aromatic carbocycles. The molecule has 0 fully saturated rings. The summed E-state index contributed by atoms with van der Waals surface area (Å²) >= 11 is 6.14. The second kappa shape index (κ2) is 26.5. The predicted molar refractivity (Wildman–Crippen MR) is 171 cm³/mol. The van der Waals surface area contributed by atoms with E-state index in [-0.39, 0.29) is 12.5 Å². The highest BCUT2D eigenvalue weighted by Crippen LogP contribution is 2.27. The van der Waals surface area contributed by atoms with Gasteiger partial charge in [-0.2, -0.15) is 5.26 Å². The third kappa shape index (κ3) is 17.8. The molecular weight excluding hydrogens is 520 g/mol. The lowest BCUT2D eigenvalue weighted by molar-refractivity contribution is -0.132. The highest BCUT2D eigenvalue weighted by atomic mass is 35.5. The van der Waals surface area contributed by atoms with E-state index in [0.29, 0.717) is 19.4 Å². The number of aldehydes is 1. The van der Waals surface area contributed by atoms with Crippen LogP contribution in [0.2, 0.25) is 5.02 Å². The van der Waals surface area contributed by atoms with Crippen molar-refractivity contribution in [2.24, 2.45) is 0 Å². The second-order valence-electron chi connectivity index (χ2n) is 9.18. The Kier molecular flexibility index (Phi) is 26.2. The molecule has 0 aliphatic rings. The van der Waals surface area contributed by atoms with E-state index in [1.54, 1.807) is 0 Å². The quantitative estimate of drug-likeness (QED) is 0.147. The van der Waals surface area contributed by atoms with Crippen molar-refractivity contribution in [2.45, 2.75) is 113 Å². The summed E-state index contributed by atoms with van der Waals surface area (Å²) in [5.41, 5.74) is 5.52. The Balaban J connectivity index is 0. The number of nitrogens with one attached hydrogen (secondary N) is 1. The van der Waals surface area contributed by atoms with Crippen molar-refractivity contribution in [1.29, 1.82) is 5.26 Å². The fraction of sp³-hybridized carbons (Fsp3) is 0.559. The Morgan fingerprint density at radius 1 is 0.950 bits per heavy atom. The van der Waals surface area contributed by atoms with Gasteiger partial charge in [-0.15, -0.1) is 0 Å². The van der Waals surface area contributed by atoms with Crippen LogP contribution in [0, 0.1) is 25.2 Å². The molecule has 0 unspecified atom stereocenters. The number of nitriles is 1. The molecule has 40 heavy (non-hydrogen) atoms. The fourth-order valence-electron chi connectivity index (χ4n) is 3.34. The highest BCUT2D eigenvalue weighted by molar-refractivity contribution is 6.31. The number of unbranched alkanes of at least 4 members (excludes halogenated alkanes) is 4. The van der Waals surface area contributed by atoms with Crippen molar-refractivity contribution in [3.05, 3.63) is 58.1 Å². The van der Waals surface area contributed by atoms with Gasteiger partial charge in [0.25, 0.3) is 0 Å². The summed E-state index contributed by atoms with van der Waals surface area (Å²) in [5, 5.41) is 11.6. The van der Waals surface area contributed by atoms with E-state index in [1.165, 1.54) is 25.7 Å². The molecule has 1 amide bonds. The smallest absolute Gasteiger partial charge is 0.249 e. The van der Waals surface area contributed by atoms with Crippen LogP contribution in [0.25, 0.3) is 11.1 Å². The van der Waals surface area contributed by atoms with Gasteiger partial charge in [-0.25, -0.2) is 0 Å². The maximum absolute atomic E-state index is 11.5. The van der Waals surface area contributed by atoms with Crippen LogP contribution in [0.15, 0.2) is 36.4 Å². The van der Waals surface area contributed by atoms with Crippen LogP contribution >= 0.6 is 11.6 Å². The lowest BCUT2D eigenvalue weighted by atomic mass is 9.98. The Morgan fingerprint density at radius 3 is 2.08 bits per heavy atom. The summed E-state index contributed by atoms with van der Waals surface area (Å²) in [6.07, 6.45) is 8.83. The molecule has 0 spiro atoms. The molecule has 0 aromatic heterocycles. The minimum atomic E-state index is -0.407. The molecule has 0 aliphatic carbocycles. The van der Waals surface area contributed by atoms with Crippen LogP contribution in [0.3, 0.4) is 0 Å². The number of hydrogen-bond acceptors (Lipinski definition) is 4. The molecule has 0 heterocycles. The largest absolute Gasteiger partial charge is 0.368 e. The molecule has 0 saturated heterocycles. The number of halogens is 1. The number of carbonyl (C=O) groups excluding carboxylic acids is 2. The van der Waals surface area contributed by atoms with Crippen molar-refractivity contribution in [2.75, 3.05) is 13.2 Å². The Labute approximate surface area is 249 Å². The summed E-state index contributed by atoms with van der Waals surface area (Å²) < 4.78 is 5.48. The molecule has 0 aliphatic heterocycles. The standard InChI is InChI=1S/C16H15ClO.C12H22N2O2.C4H10.C2H6/c1-11-3-4-15(10-16(11)17)14-6-5-13(7-8-18)12(2)9-14;1-3-5-6-7-10-16-11(4-2)12(15)14-9-8-13;1-3-4-2;1-2/h3-6,8-10H,7H2,1-2H3;11H,3-7,9-10H2,1-2H3,(H,14,15);3-4H2,1-2H3;1-2H3/t;11-;;/m.0../s1. The summed E-state index contributed by atoms with van der Waals surface area (Å²) in [7, 11) is 0. The van der Waals surface area contributed by atoms with Crippen molar-refractivity contribution in [3.8, 4) is 17.2 Å². The van der Waals surface area contributed by atoms with Crippen molar-refractivity contribution >= 4 is 23.8 Å². The van der Waals surface area contributed by atoms with Crippen LogP contribution in [-0.4, -0.2) is 31.4 Å². The topological polar surface area (TPSA) is 79.2 Å². The van der Waals surface area contributed by atoms with Crippen LogP contribution in [-0.2, 0) is 20.7 Å². The number of ether oxygens (including phenoxy) is 1. The normalized spacial score (nSPS) is 10.3. The maximum Gasteiger partial charge on any atom is 0.249 e. The summed E-state index contributed by atoms with van der Waals surface area (Å²) in [6, 6.07) is 14.1. The number of hydrogen-bond donors (Lipinski definition) is 1. The monoisotopic (exact) mass is 572 g/mol. The molecule has 1 atom stereocenters. The predicted octanol–water partition coefficient (Wildman–Crippen LogP) is 9.20. The first-order valence-corrected chi connectivity index (χ1v) is 15.2. The zero-order chi connectivity index (χ0) is 30.8. The first-order chi connectivity index (χ1) is 19.3. The van der Waals surface area contributed by atoms with Gasteiger partial charge in [0, 0.05) is 18.1 Å². The minimum Gasteiger partial charge on any atom is -0.368 e. The zero-order valence-electron chi connectivity index (χ0n) is 26.2. The lowest BCUT2D eigenvalue weighted by Crippen LogP contribution is -2.36. The number of nitrogens with zero attached hydrogens (tertiary/aromatic N) is 1. The van der Waals surface area contributed by atoms with Gasteiger partial charge in [-0.3, -0.25) is 4.79 Å². The van der Waals surface area contributed by atoms with Crippen molar-refractivity contribution in [3.63, 3.8) is 0 Å². The van der Waals surface area contributed by atoms with E-state index in [0.717, 1.165) is 52.0 Å². The summed E-state index contributed by atoms with van der Waals surface area (Å²) in [4.78, 5) is 22.0. The molecule has 0 radical (unpaired) electrons. The molecule has 2 rings (SSSR count). The fourth-order valence-corrected chi connectivity index (χ4v) is 3.52. The molecular formula is C34H53ClN2O3. The Morgan fingerprint density at radius 2 is 1.57 bits per heavy atom. The number of aryl methyl sites for hydroxylation is 2. The van der Waals surface area contributed by atoms with Gasteiger partial charge in [-0.05, 0) is 60.6 Å². The first kappa shape index (κ1) is 39.5. The van der Waals surface area contributed by atoms with E-state index in [1.807, 2.05) is 65.0 Å². The minimum absolute atomic E-state index is 0.0501. The maximum atomic E-state index is 11.5. The van der Waals surface area contributed by atoms with Gasteiger partial charge in [0.05, 0.1) is 6.07 Å². The van der Waals surface area contributed by atoms with E-state index >= 15 is 0 Å². The van der Waals surface area contributed by atoms with Gasteiger partial charge >= 0.3 is 0 Å². The highest BCUT2D eigenvalue weighted by Gasteiger charge is 2.15. The molecule has 6 heteroatoms. The van der Waals surface area contributed by atoms with Crippen LogP contribution < -0.4 is 5.32 Å². The van der Waals surface area contributed by atoms with Gasteiger partial charge in [0.1, 0.15) is 18.9 Å². The molecule has 224 valence electrons. The summed E-state index contributed by atoms with van der Waals surface area (Å²) in [5.74, 6) is -0.181.